The number of nitrogens with zero attached hydrogens (tertiary/aromatic N) is 3. The van der Waals surface area contributed by atoms with Gasteiger partial charge in [0.15, 0.2) is 6.23 Å². The summed E-state index contributed by atoms with van der Waals surface area (Å²) < 4.78 is 13.6. The molecule has 0 bridgehead atoms. The van der Waals surface area contributed by atoms with Crippen molar-refractivity contribution < 1.29 is 23.9 Å². The minimum absolute atomic E-state index is 0.00736. The summed E-state index contributed by atoms with van der Waals surface area (Å²) in [6.45, 7) is 4.62. The highest BCUT2D eigenvalue weighted by Crippen LogP contribution is 2.36. The summed E-state index contributed by atoms with van der Waals surface area (Å²) in [4.78, 5) is 56.3. The number of fused-ring (bicyclic) bond motifs is 1. The van der Waals surface area contributed by atoms with Crippen molar-refractivity contribution in [2.45, 2.75) is 38.7 Å². The molecular formula is C24H28N6O7. The number of imide groups is 1. The Morgan fingerprint density at radius 3 is 2.46 bits per heavy atom. The molecular weight excluding hydrogens is 484 g/mol. The maximum absolute atomic E-state index is 12.4. The van der Waals surface area contributed by atoms with Gasteiger partial charge < -0.3 is 14.9 Å². The Morgan fingerprint density at radius 1 is 1.05 bits per heavy atom. The van der Waals surface area contributed by atoms with Gasteiger partial charge in [-0.25, -0.2) is 4.79 Å². The third-order valence-corrected chi connectivity index (χ3v) is 6.64. The molecule has 2 aromatic rings. The fourth-order valence-corrected chi connectivity index (χ4v) is 4.70. The van der Waals surface area contributed by atoms with E-state index in [2.05, 4.69) is 15.9 Å². The van der Waals surface area contributed by atoms with Crippen molar-refractivity contribution in [2.24, 2.45) is 5.92 Å². The van der Waals surface area contributed by atoms with Gasteiger partial charge in [-0.1, -0.05) is 26.0 Å². The molecule has 1 unspecified atom stereocenters. The largest absolute Gasteiger partial charge is 0.367 e. The van der Waals surface area contributed by atoms with E-state index in [1.54, 1.807) is 35.5 Å². The molecule has 3 aliphatic heterocycles. The van der Waals surface area contributed by atoms with Crippen molar-refractivity contribution in [2.75, 3.05) is 19.8 Å². The Bertz CT molecular complexity index is 1300. The fraction of sp³-hybridized carbons (Fsp3) is 0.417. The number of aromatic amines is 1. The normalized spacial score (nSPS) is 25.0. The molecule has 0 radical (unpaired) electrons. The van der Waals surface area contributed by atoms with Crippen LogP contribution in [-0.2, 0) is 14.3 Å². The van der Waals surface area contributed by atoms with Gasteiger partial charge in [0, 0.05) is 24.4 Å². The molecule has 196 valence electrons. The van der Waals surface area contributed by atoms with Crippen molar-refractivity contribution in [3.63, 3.8) is 0 Å². The smallest absolute Gasteiger partial charge is 0.330 e. The first kappa shape index (κ1) is 24.9. The number of hydrogen-bond donors (Lipinski definition) is 3. The third-order valence-electron chi connectivity index (χ3n) is 6.64. The summed E-state index contributed by atoms with van der Waals surface area (Å²) in [5.74, 6) is -0.952. The van der Waals surface area contributed by atoms with E-state index in [1.807, 2.05) is 13.8 Å². The first-order valence-corrected chi connectivity index (χ1v) is 12.1. The van der Waals surface area contributed by atoms with Crippen LogP contribution in [0.3, 0.4) is 0 Å². The van der Waals surface area contributed by atoms with Crippen LogP contribution < -0.4 is 22.2 Å². The SMILES string of the molecule is CC[C@H]1O[C@@H](n2ccc(=O)[nH]c2=O)[C@@H](OCC2=CN(CCON3C(=O)c4ccccc4C3=O)NN2)C1C. The maximum atomic E-state index is 12.4. The van der Waals surface area contributed by atoms with Crippen LogP contribution in [0.15, 0.2) is 58.0 Å². The van der Waals surface area contributed by atoms with Crippen molar-refractivity contribution in [3.05, 3.63) is 80.4 Å². The minimum atomic E-state index is -0.677. The van der Waals surface area contributed by atoms with Crippen LogP contribution in [0.1, 0.15) is 47.2 Å². The molecule has 2 amide bonds. The number of hydrogen-bond acceptors (Lipinski definition) is 10. The van der Waals surface area contributed by atoms with Crippen molar-refractivity contribution in [1.29, 1.82) is 0 Å². The molecule has 13 heteroatoms. The molecule has 0 aliphatic carbocycles. The number of amides is 2. The van der Waals surface area contributed by atoms with Gasteiger partial charge in [-0.05, 0) is 18.6 Å². The Morgan fingerprint density at radius 2 is 1.78 bits per heavy atom. The van der Waals surface area contributed by atoms with Crippen LogP contribution in [-0.4, -0.2) is 63.4 Å². The van der Waals surface area contributed by atoms with Crippen LogP contribution in [0.5, 0.6) is 0 Å². The number of rotatable bonds is 9. The van der Waals surface area contributed by atoms with Gasteiger partial charge in [-0.2, -0.15) is 0 Å². The van der Waals surface area contributed by atoms with E-state index in [4.69, 9.17) is 14.3 Å². The molecule has 1 fully saturated rings. The number of aromatic nitrogens is 2. The third kappa shape index (κ3) is 4.81. The molecule has 1 aromatic heterocycles. The molecule has 37 heavy (non-hydrogen) atoms. The Hall–Kier alpha value is -3.78. The predicted octanol–water partition coefficient (Wildman–Crippen LogP) is 0.259. The van der Waals surface area contributed by atoms with E-state index < -0.39 is 35.4 Å². The van der Waals surface area contributed by atoms with Crippen molar-refractivity contribution >= 4 is 11.8 Å². The number of hydroxylamine groups is 2. The van der Waals surface area contributed by atoms with Gasteiger partial charge in [0.2, 0.25) is 0 Å². The van der Waals surface area contributed by atoms with E-state index in [1.165, 1.54) is 16.8 Å². The van der Waals surface area contributed by atoms with Crippen LogP contribution in [0.25, 0.3) is 0 Å². The standard InChI is InChI=1S/C24H28N6O7/c1-3-18-14(2)20(23(37-18)29-9-8-19(31)25-24(29)34)35-13-15-12-28(27-26-15)10-11-36-30-21(32)16-6-4-5-7-17(16)22(30)33/h4-9,12,14,18,20,23,26-27H,3,10-11,13H2,1-2H3,(H,25,31,34)/t14?,18-,20+,23-/m1/s1. The summed E-state index contributed by atoms with van der Waals surface area (Å²) in [5, 5.41) is 2.48. The van der Waals surface area contributed by atoms with Crippen LogP contribution in [0.2, 0.25) is 0 Å². The topological polar surface area (TPSA) is 147 Å². The first-order chi connectivity index (χ1) is 17.9. The lowest BCUT2D eigenvalue weighted by molar-refractivity contribution is -0.0955. The van der Waals surface area contributed by atoms with Gasteiger partial charge in [0.1, 0.15) is 6.10 Å². The highest BCUT2D eigenvalue weighted by Gasteiger charge is 2.43. The zero-order valence-electron chi connectivity index (χ0n) is 20.4. The molecule has 0 spiro atoms. The lowest BCUT2D eigenvalue weighted by atomic mass is 9.98. The van der Waals surface area contributed by atoms with Gasteiger partial charge >= 0.3 is 5.69 Å². The monoisotopic (exact) mass is 512 g/mol. The molecule has 5 rings (SSSR count). The predicted molar refractivity (Wildman–Crippen MR) is 128 cm³/mol. The molecule has 3 aliphatic rings. The summed E-state index contributed by atoms with van der Waals surface area (Å²) in [6.07, 6.45) is 2.74. The average molecular weight is 513 g/mol. The number of carbonyl (C=O) groups excluding carboxylic acids is 2. The van der Waals surface area contributed by atoms with Crippen molar-refractivity contribution in [3.8, 4) is 0 Å². The van der Waals surface area contributed by atoms with E-state index in [9.17, 15) is 19.2 Å². The van der Waals surface area contributed by atoms with Crippen molar-refractivity contribution in [1.82, 2.24) is 30.6 Å². The summed E-state index contributed by atoms with van der Waals surface area (Å²) >= 11 is 0. The summed E-state index contributed by atoms with van der Waals surface area (Å²) in [7, 11) is 0. The Labute approximate surface area is 211 Å². The molecule has 1 aromatic carbocycles. The average Bonchev–Trinajstić information content (AvgIpc) is 3.54. The second-order valence-electron chi connectivity index (χ2n) is 8.99. The maximum Gasteiger partial charge on any atom is 0.330 e. The van der Waals surface area contributed by atoms with E-state index in [-0.39, 0.29) is 25.2 Å². The second kappa shape index (κ2) is 10.3. The Kier molecular flexibility index (Phi) is 6.93. The van der Waals surface area contributed by atoms with Crippen LogP contribution >= 0.6 is 0 Å². The first-order valence-electron chi connectivity index (χ1n) is 12.1. The van der Waals surface area contributed by atoms with Crippen LogP contribution in [0, 0.1) is 5.92 Å². The van der Waals surface area contributed by atoms with Gasteiger partial charge in [-0.15, -0.1) is 10.6 Å². The number of ether oxygens (including phenoxy) is 2. The molecule has 3 N–H and O–H groups in total. The lowest BCUT2D eigenvalue weighted by Crippen LogP contribution is -2.40. The number of H-pyrrole nitrogens is 1. The van der Waals surface area contributed by atoms with Gasteiger partial charge in [0.05, 0.1) is 42.7 Å². The second-order valence-corrected chi connectivity index (χ2v) is 8.99. The fourth-order valence-electron chi connectivity index (χ4n) is 4.70. The number of benzene rings is 1. The molecule has 1 saturated heterocycles. The molecule has 13 nitrogen and oxygen atoms in total. The highest BCUT2D eigenvalue weighted by atomic mass is 16.7. The zero-order valence-corrected chi connectivity index (χ0v) is 20.4. The van der Waals surface area contributed by atoms with E-state index in [0.29, 0.717) is 17.7 Å². The Balaban J connectivity index is 1.16. The number of carbonyl (C=O) groups is 2. The molecule has 4 atom stereocenters. The number of nitrogens with one attached hydrogen (secondary N) is 3. The molecule has 0 saturated carbocycles. The number of hydrazine groups is 2. The molecule has 4 heterocycles. The van der Waals surface area contributed by atoms with E-state index in [0.717, 1.165) is 17.2 Å². The van der Waals surface area contributed by atoms with Crippen LogP contribution in [0.4, 0.5) is 0 Å². The summed E-state index contributed by atoms with van der Waals surface area (Å²) in [6, 6.07) is 7.86. The lowest BCUT2D eigenvalue weighted by Gasteiger charge is -2.23. The quantitative estimate of drug-likeness (QED) is 0.400. The summed E-state index contributed by atoms with van der Waals surface area (Å²) in [5.41, 5.74) is 6.30. The zero-order chi connectivity index (χ0) is 26.1. The van der Waals surface area contributed by atoms with E-state index >= 15 is 0 Å². The van der Waals surface area contributed by atoms with Gasteiger partial charge in [-0.3, -0.25) is 33.8 Å². The minimum Gasteiger partial charge on any atom is -0.367 e. The van der Waals surface area contributed by atoms with Gasteiger partial charge in [0.25, 0.3) is 17.4 Å². The highest BCUT2D eigenvalue weighted by molar-refractivity contribution is 6.20.